The molecular formula is C21H24N4O4. The summed E-state index contributed by atoms with van der Waals surface area (Å²) >= 11 is 0. The molecule has 0 radical (unpaired) electrons. The second-order valence-corrected chi connectivity index (χ2v) is 6.62. The number of rotatable bonds is 5. The second-order valence-electron chi connectivity index (χ2n) is 6.62. The predicted molar refractivity (Wildman–Crippen MR) is 108 cm³/mol. The minimum absolute atomic E-state index is 0.0253. The molecule has 1 aromatic carbocycles. The number of pyridine rings is 1. The Morgan fingerprint density at radius 2 is 1.72 bits per heavy atom. The van der Waals surface area contributed by atoms with E-state index in [9.17, 15) is 14.4 Å². The zero-order valence-corrected chi connectivity index (χ0v) is 16.6. The van der Waals surface area contributed by atoms with E-state index in [0.717, 1.165) is 0 Å². The molecule has 8 heteroatoms. The Morgan fingerprint density at radius 1 is 1.03 bits per heavy atom. The average molecular weight is 396 g/mol. The fraction of sp³-hybridized carbons (Fsp3) is 0.333. The van der Waals surface area contributed by atoms with E-state index < -0.39 is 5.97 Å². The van der Waals surface area contributed by atoms with Crippen molar-refractivity contribution in [2.45, 2.75) is 13.8 Å². The van der Waals surface area contributed by atoms with Crippen molar-refractivity contribution in [1.82, 2.24) is 14.8 Å². The summed E-state index contributed by atoms with van der Waals surface area (Å²) in [6.07, 6.45) is 1.51. The van der Waals surface area contributed by atoms with E-state index >= 15 is 0 Å². The van der Waals surface area contributed by atoms with Crippen molar-refractivity contribution in [2.24, 2.45) is 0 Å². The van der Waals surface area contributed by atoms with Gasteiger partial charge in [0.2, 0.25) is 5.91 Å². The van der Waals surface area contributed by atoms with Crippen LogP contribution < -0.4 is 5.32 Å². The Kier molecular flexibility index (Phi) is 6.43. The summed E-state index contributed by atoms with van der Waals surface area (Å²) in [6.45, 7) is 5.68. The smallest absolute Gasteiger partial charge is 0.340 e. The van der Waals surface area contributed by atoms with Gasteiger partial charge in [-0.2, -0.15) is 0 Å². The van der Waals surface area contributed by atoms with Crippen LogP contribution in [0.4, 0.5) is 11.5 Å². The number of anilines is 2. The summed E-state index contributed by atoms with van der Waals surface area (Å²) in [7, 11) is 0. The Hall–Kier alpha value is -3.42. The molecule has 29 heavy (non-hydrogen) atoms. The van der Waals surface area contributed by atoms with E-state index in [1.165, 1.54) is 13.1 Å². The second kappa shape index (κ2) is 9.18. The fourth-order valence-electron chi connectivity index (χ4n) is 3.12. The van der Waals surface area contributed by atoms with Crippen molar-refractivity contribution in [3.05, 3.63) is 53.7 Å². The molecule has 0 atom stereocenters. The summed E-state index contributed by atoms with van der Waals surface area (Å²) in [4.78, 5) is 43.9. The van der Waals surface area contributed by atoms with Crippen LogP contribution in [0.3, 0.4) is 0 Å². The van der Waals surface area contributed by atoms with Gasteiger partial charge in [-0.15, -0.1) is 0 Å². The van der Waals surface area contributed by atoms with E-state index in [4.69, 9.17) is 4.74 Å². The minimum atomic E-state index is -0.410. The number of aromatic nitrogens is 1. The molecule has 1 fully saturated rings. The van der Waals surface area contributed by atoms with Crippen molar-refractivity contribution in [3.63, 3.8) is 0 Å². The number of nitrogens with zero attached hydrogens (tertiary/aromatic N) is 3. The molecule has 1 saturated heterocycles. The molecule has 1 aromatic heterocycles. The third-order valence-corrected chi connectivity index (χ3v) is 4.71. The molecule has 0 saturated carbocycles. The third-order valence-electron chi connectivity index (χ3n) is 4.71. The molecule has 2 amide bonds. The Balaban J connectivity index is 1.66. The lowest BCUT2D eigenvalue weighted by Gasteiger charge is -2.34. The maximum Gasteiger partial charge on any atom is 0.340 e. The third kappa shape index (κ3) is 4.90. The van der Waals surface area contributed by atoms with Gasteiger partial charge in [0, 0.05) is 39.3 Å². The maximum atomic E-state index is 12.7. The lowest BCUT2D eigenvalue weighted by atomic mass is 10.1. The molecule has 2 aromatic rings. The SMILES string of the molecule is CCOC(=O)c1ccccc1Nc1ccc(C(=O)N2CCN(C(C)=O)CC2)cn1. The number of benzene rings is 1. The Morgan fingerprint density at radius 3 is 2.34 bits per heavy atom. The van der Waals surface area contributed by atoms with Crippen LogP contribution in [0.25, 0.3) is 0 Å². The molecule has 3 rings (SSSR count). The predicted octanol–water partition coefficient (Wildman–Crippen LogP) is 2.31. The van der Waals surface area contributed by atoms with Gasteiger partial charge in [-0.25, -0.2) is 9.78 Å². The monoisotopic (exact) mass is 396 g/mol. The average Bonchev–Trinajstić information content (AvgIpc) is 2.74. The summed E-state index contributed by atoms with van der Waals surface area (Å²) in [6, 6.07) is 10.4. The highest BCUT2D eigenvalue weighted by molar-refractivity contribution is 5.97. The van der Waals surface area contributed by atoms with Gasteiger partial charge in [0.25, 0.3) is 5.91 Å². The number of piperazine rings is 1. The van der Waals surface area contributed by atoms with Crippen LogP contribution in [-0.4, -0.2) is 65.4 Å². The number of esters is 1. The first-order valence-corrected chi connectivity index (χ1v) is 9.53. The minimum Gasteiger partial charge on any atom is -0.462 e. The standard InChI is InChI=1S/C21H24N4O4/c1-3-29-21(28)17-6-4-5-7-18(17)23-19-9-8-16(14-22-19)20(27)25-12-10-24(11-13-25)15(2)26/h4-9,14H,3,10-13H2,1-2H3,(H,22,23). The number of hydrogen-bond acceptors (Lipinski definition) is 6. The lowest BCUT2D eigenvalue weighted by Crippen LogP contribution is -2.50. The molecule has 0 aliphatic carbocycles. The van der Waals surface area contributed by atoms with Gasteiger partial charge in [0.1, 0.15) is 5.82 Å². The van der Waals surface area contributed by atoms with Crippen molar-refractivity contribution >= 4 is 29.3 Å². The van der Waals surface area contributed by atoms with Gasteiger partial charge in [-0.05, 0) is 31.2 Å². The topological polar surface area (TPSA) is 91.8 Å². The number of nitrogens with one attached hydrogen (secondary N) is 1. The first-order valence-electron chi connectivity index (χ1n) is 9.53. The van der Waals surface area contributed by atoms with E-state index in [2.05, 4.69) is 10.3 Å². The van der Waals surface area contributed by atoms with Gasteiger partial charge in [-0.1, -0.05) is 12.1 Å². The maximum absolute atomic E-state index is 12.7. The van der Waals surface area contributed by atoms with Crippen molar-refractivity contribution < 1.29 is 19.1 Å². The zero-order valence-electron chi connectivity index (χ0n) is 16.6. The fourth-order valence-corrected chi connectivity index (χ4v) is 3.12. The largest absolute Gasteiger partial charge is 0.462 e. The highest BCUT2D eigenvalue weighted by Gasteiger charge is 2.23. The summed E-state index contributed by atoms with van der Waals surface area (Å²) in [5.74, 6) is 0.0169. The van der Waals surface area contributed by atoms with Gasteiger partial charge < -0.3 is 19.9 Å². The van der Waals surface area contributed by atoms with Crippen LogP contribution in [0.2, 0.25) is 0 Å². The molecule has 2 heterocycles. The first kappa shape index (κ1) is 20.3. The van der Waals surface area contributed by atoms with E-state index in [0.29, 0.717) is 55.4 Å². The number of para-hydroxylation sites is 1. The first-order chi connectivity index (χ1) is 14.0. The van der Waals surface area contributed by atoms with Gasteiger partial charge in [0.05, 0.1) is 23.4 Å². The lowest BCUT2D eigenvalue weighted by molar-refractivity contribution is -0.130. The Labute approximate surface area is 169 Å². The molecular weight excluding hydrogens is 372 g/mol. The van der Waals surface area contributed by atoms with Crippen molar-refractivity contribution in [3.8, 4) is 0 Å². The molecule has 0 unspecified atom stereocenters. The van der Waals surface area contributed by atoms with E-state index in [-0.39, 0.29) is 11.8 Å². The van der Waals surface area contributed by atoms with Crippen LogP contribution in [-0.2, 0) is 9.53 Å². The van der Waals surface area contributed by atoms with Gasteiger partial charge in [0.15, 0.2) is 0 Å². The number of hydrogen-bond donors (Lipinski definition) is 1. The highest BCUT2D eigenvalue weighted by Crippen LogP contribution is 2.21. The van der Waals surface area contributed by atoms with E-state index in [1.54, 1.807) is 47.1 Å². The summed E-state index contributed by atoms with van der Waals surface area (Å²) in [5.41, 5.74) is 1.48. The van der Waals surface area contributed by atoms with Crippen LogP contribution in [0.15, 0.2) is 42.6 Å². The van der Waals surface area contributed by atoms with Gasteiger partial charge in [-0.3, -0.25) is 9.59 Å². The quantitative estimate of drug-likeness (QED) is 0.780. The molecule has 1 N–H and O–H groups in total. The molecule has 152 valence electrons. The molecule has 1 aliphatic heterocycles. The number of carbonyl (C=O) groups is 3. The number of carbonyl (C=O) groups excluding carboxylic acids is 3. The molecule has 8 nitrogen and oxygen atoms in total. The molecule has 0 bridgehead atoms. The van der Waals surface area contributed by atoms with Crippen molar-refractivity contribution in [1.29, 1.82) is 0 Å². The van der Waals surface area contributed by atoms with Crippen molar-refractivity contribution in [2.75, 3.05) is 38.1 Å². The van der Waals surface area contributed by atoms with Crippen LogP contribution in [0, 0.1) is 0 Å². The van der Waals surface area contributed by atoms with Crippen LogP contribution in [0.1, 0.15) is 34.6 Å². The summed E-state index contributed by atoms with van der Waals surface area (Å²) < 4.78 is 5.07. The molecule has 1 aliphatic rings. The summed E-state index contributed by atoms with van der Waals surface area (Å²) in [5, 5.41) is 3.09. The Bertz CT molecular complexity index is 890. The number of amides is 2. The normalized spacial score (nSPS) is 13.7. The van der Waals surface area contributed by atoms with Gasteiger partial charge >= 0.3 is 5.97 Å². The highest BCUT2D eigenvalue weighted by atomic mass is 16.5. The van der Waals surface area contributed by atoms with Crippen LogP contribution >= 0.6 is 0 Å². The van der Waals surface area contributed by atoms with E-state index in [1.807, 2.05) is 6.07 Å². The zero-order chi connectivity index (χ0) is 20.8. The number of ether oxygens (including phenoxy) is 1. The van der Waals surface area contributed by atoms with Crippen LogP contribution in [0.5, 0.6) is 0 Å². The molecule has 0 spiro atoms.